The van der Waals surface area contributed by atoms with Crippen molar-refractivity contribution in [1.82, 2.24) is 0 Å². The summed E-state index contributed by atoms with van der Waals surface area (Å²) in [5.41, 5.74) is -7.36. The molecule has 0 aliphatic heterocycles. The highest BCUT2D eigenvalue weighted by molar-refractivity contribution is 7.92. The Bertz CT molecular complexity index is 3740. The fraction of sp³-hybridized carbons (Fsp3) is 0.403. The van der Waals surface area contributed by atoms with Crippen LogP contribution in [0.4, 0.5) is 65.9 Å². The van der Waals surface area contributed by atoms with Crippen molar-refractivity contribution in [1.29, 1.82) is 0 Å². The Morgan fingerprint density at radius 1 is 0.393 bits per heavy atom. The van der Waals surface area contributed by atoms with Crippen LogP contribution in [0.15, 0.2) is 124 Å². The summed E-state index contributed by atoms with van der Waals surface area (Å²) in [5, 5.41) is 20.0. The molecule has 27 heteroatoms. The van der Waals surface area contributed by atoms with Crippen LogP contribution in [0.1, 0.15) is 108 Å². The van der Waals surface area contributed by atoms with E-state index in [-0.39, 0.29) is 63.8 Å². The Balaban J connectivity index is 0.000000190. The molecule has 0 atom stereocenters. The molecule has 0 unspecified atom stereocenters. The van der Waals surface area contributed by atoms with E-state index in [1.807, 2.05) is 0 Å². The number of carbonyl (C=O) groups is 1. The maximum absolute atomic E-state index is 14.0. The lowest BCUT2D eigenvalue weighted by Gasteiger charge is -2.33. The number of rotatable bonds is 12. The lowest BCUT2D eigenvalue weighted by atomic mass is 9.81. The van der Waals surface area contributed by atoms with E-state index in [4.69, 9.17) is 0 Å². The fourth-order valence-corrected chi connectivity index (χ4v) is 16.8. The van der Waals surface area contributed by atoms with Crippen LogP contribution in [0.5, 0.6) is 0 Å². The molecule has 3 saturated carbocycles. The van der Waals surface area contributed by atoms with Gasteiger partial charge in [0.2, 0.25) is 0 Å². The van der Waals surface area contributed by atoms with Crippen molar-refractivity contribution in [3.63, 3.8) is 0 Å². The average Bonchev–Trinajstić information content (AvgIpc) is 1.19. The molecular formula is C62H59F15O9S3. The molecule has 0 heterocycles. The fourth-order valence-electron chi connectivity index (χ4n) is 11.0. The van der Waals surface area contributed by atoms with Gasteiger partial charge in [-0.15, -0.1) is 0 Å². The molecule has 0 amide bonds. The quantitative estimate of drug-likeness (QED) is 0.114. The molecule has 0 saturated heterocycles. The zero-order valence-corrected chi connectivity index (χ0v) is 49.8. The van der Waals surface area contributed by atoms with Crippen LogP contribution in [0.3, 0.4) is 0 Å². The highest BCUT2D eigenvalue weighted by atomic mass is 32.2. The van der Waals surface area contributed by atoms with Crippen LogP contribution in [0.2, 0.25) is 0 Å². The van der Waals surface area contributed by atoms with Crippen molar-refractivity contribution in [3.8, 4) is 33.4 Å². The summed E-state index contributed by atoms with van der Waals surface area (Å²) in [5.74, 6) is -8.30. The predicted octanol–water partition coefficient (Wildman–Crippen LogP) is 15.9. The van der Waals surface area contributed by atoms with E-state index in [1.54, 1.807) is 13.8 Å². The van der Waals surface area contributed by atoms with Gasteiger partial charge in [-0.1, -0.05) is 18.2 Å². The molecule has 2 N–H and O–H groups in total. The van der Waals surface area contributed by atoms with Crippen LogP contribution in [-0.4, -0.2) is 69.7 Å². The third-order valence-electron chi connectivity index (χ3n) is 16.0. The number of carbonyl (C=O) groups excluding carboxylic acids is 1. The minimum atomic E-state index is -4.99. The van der Waals surface area contributed by atoms with Gasteiger partial charge in [0.15, 0.2) is 29.5 Å². The van der Waals surface area contributed by atoms with Gasteiger partial charge in [-0.25, -0.2) is 51.6 Å². The summed E-state index contributed by atoms with van der Waals surface area (Å²) >= 11 is 0. The van der Waals surface area contributed by atoms with Crippen LogP contribution in [0.25, 0.3) is 33.4 Å². The predicted molar refractivity (Wildman–Crippen MR) is 299 cm³/mol. The minimum Gasteiger partial charge on any atom is -0.390 e. The zero-order valence-electron chi connectivity index (χ0n) is 47.4. The first kappa shape index (κ1) is 70.2. The Morgan fingerprint density at radius 2 is 0.640 bits per heavy atom. The van der Waals surface area contributed by atoms with Crippen LogP contribution >= 0.6 is 0 Å². The molecule has 9 rings (SSSR count). The van der Waals surface area contributed by atoms with Gasteiger partial charge in [0, 0.05) is 47.7 Å². The second-order valence-corrected chi connectivity index (χ2v) is 29.2. The number of aliphatic hydroxyl groups is 2. The Labute approximate surface area is 503 Å². The van der Waals surface area contributed by atoms with Crippen molar-refractivity contribution in [2.24, 2.45) is 17.8 Å². The Hall–Kier alpha value is -6.29. The van der Waals surface area contributed by atoms with E-state index in [9.17, 15) is 106 Å². The molecule has 6 aromatic carbocycles. The van der Waals surface area contributed by atoms with Crippen LogP contribution in [0, 0.1) is 52.7 Å². The highest BCUT2D eigenvalue weighted by Gasteiger charge is 2.43. The maximum Gasteiger partial charge on any atom is 0.417 e. The second kappa shape index (κ2) is 26.9. The van der Waals surface area contributed by atoms with Crippen molar-refractivity contribution < 1.29 is 106 Å². The number of alkyl halides is 9. The van der Waals surface area contributed by atoms with Gasteiger partial charge >= 0.3 is 18.5 Å². The molecule has 0 spiro atoms. The normalized spacial score (nSPS) is 20.7. The molecule has 6 aromatic rings. The SMILES string of the molecule is CC1(O)CCC(CS(=O)(=O)c2ccc(-c3ccc(F)cc3F)cc2C(F)(F)F)CC1.CC1(O)CCC(CS(=O)(=O)c2ccc(-c3ccc(F)cc3F)cc2C(F)(F)F)CC1.O=C1CCC(CS(=O)(=O)c2ccc(-c3ccc(F)cc3F)cc2C(F)(F)F)CC1. The minimum absolute atomic E-state index is 0.0142. The first-order valence-corrected chi connectivity index (χ1v) is 32.6. The molecule has 3 aliphatic rings. The van der Waals surface area contributed by atoms with Crippen molar-refractivity contribution >= 4 is 35.3 Å². The van der Waals surface area contributed by atoms with E-state index < -0.39 is 149 Å². The first-order valence-electron chi connectivity index (χ1n) is 27.7. The third-order valence-corrected chi connectivity index (χ3v) is 21.8. The molecule has 484 valence electrons. The van der Waals surface area contributed by atoms with Crippen LogP contribution in [-0.2, 0) is 52.8 Å². The topological polar surface area (TPSA) is 160 Å². The summed E-state index contributed by atoms with van der Waals surface area (Å²) in [4.78, 5) is 8.69. The summed E-state index contributed by atoms with van der Waals surface area (Å²) < 4.78 is 281. The maximum atomic E-state index is 14.0. The number of ketones is 1. The summed E-state index contributed by atoms with van der Waals surface area (Å²) in [6.07, 6.45) is -10.8. The zero-order chi connectivity index (χ0) is 66.0. The summed E-state index contributed by atoms with van der Waals surface area (Å²) in [6.45, 7) is 3.29. The monoisotopic (exact) mass is 1330 g/mol. The van der Waals surface area contributed by atoms with E-state index in [2.05, 4.69) is 0 Å². The largest absolute Gasteiger partial charge is 0.417 e. The number of hydrogen-bond donors (Lipinski definition) is 2. The lowest BCUT2D eigenvalue weighted by Crippen LogP contribution is -2.33. The Morgan fingerprint density at radius 3 is 0.876 bits per heavy atom. The van der Waals surface area contributed by atoms with Crippen molar-refractivity contribution in [2.45, 2.75) is 135 Å². The van der Waals surface area contributed by atoms with Gasteiger partial charge in [-0.3, -0.25) is 4.79 Å². The standard InChI is InChI=1S/2C21H21F5O3S.C20H17F5O3S/c2*1-20(27)8-6-13(7-9-20)12-30(28,29)19-5-2-14(10-17(19)21(24,25)26)16-4-3-15(22)11-18(16)23;21-14-4-7-16(18(22)10-14)13-3-8-19(17(9-13)20(23,24)25)29(27,28)11-12-1-5-15(26)6-2-12/h2*2-5,10-11,13,27H,6-9,12H2,1H3;3-4,7-10,12H,1-2,5-6,11H2. The molecule has 0 radical (unpaired) electrons. The van der Waals surface area contributed by atoms with E-state index in [0.717, 1.165) is 72.8 Å². The molecule has 89 heavy (non-hydrogen) atoms. The van der Waals surface area contributed by atoms with E-state index in [1.165, 1.54) is 0 Å². The number of sulfone groups is 3. The molecule has 3 fully saturated rings. The Kier molecular flexibility index (Phi) is 21.2. The number of halogens is 15. The lowest BCUT2D eigenvalue weighted by molar-refractivity contribution is -0.140. The van der Waals surface area contributed by atoms with Crippen LogP contribution < -0.4 is 0 Å². The third kappa shape index (κ3) is 18.2. The summed E-state index contributed by atoms with van der Waals surface area (Å²) in [6, 6.07) is 14.8. The molecule has 3 aliphatic carbocycles. The van der Waals surface area contributed by atoms with Gasteiger partial charge < -0.3 is 10.2 Å². The molecular weight excluding hydrogens is 1270 g/mol. The molecule has 0 bridgehead atoms. The average molecular weight is 1330 g/mol. The van der Waals surface area contributed by atoms with E-state index >= 15 is 0 Å². The first-order chi connectivity index (χ1) is 41.0. The van der Waals surface area contributed by atoms with Gasteiger partial charge in [-0.2, -0.15) is 39.5 Å². The van der Waals surface area contributed by atoms with Gasteiger partial charge in [-0.05, 0) is 185 Å². The smallest absolute Gasteiger partial charge is 0.390 e. The van der Waals surface area contributed by atoms with Crippen molar-refractivity contribution in [3.05, 3.63) is 161 Å². The second-order valence-electron chi connectivity index (χ2n) is 23.2. The van der Waals surface area contributed by atoms with Gasteiger partial charge in [0.1, 0.15) is 40.7 Å². The molecule has 0 aromatic heterocycles. The molecule has 9 nitrogen and oxygen atoms in total. The number of hydrogen-bond acceptors (Lipinski definition) is 9. The van der Waals surface area contributed by atoms with E-state index in [0.29, 0.717) is 101 Å². The summed E-state index contributed by atoms with van der Waals surface area (Å²) in [7, 11) is -12.9. The number of benzene rings is 6. The van der Waals surface area contributed by atoms with Gasteiger partial charge in [0.05, 0.1) is 59.8 Å². The number of Topliss-reactive ketones (excluding diaryl/α,β-unsaturated/α-hetero) is 1. The van der Waals surface area contributed by atoms with Crippen molar-refractivity contribution in [2.75, 3.05) is 17.3 Å². The highest BCUT2D eigenvalue weighted by Crippen LogP contribution is 2.44. The van der Waals surface area contributed by atoms with Gasteiger partial charge in [0.25, 0.3) is 0 Å².